The van der Waals surface area contributed by atoms with Crippen LogP contribution in [0.2, 0.25) is 0 Å². The molecule has 0 bridgehead atoms. The summed E-state index contributed by atoms with van der Waals surface area (Å²) in [7, 11) is 0. The second-order valence-corrected chi connectivity index (χ2v) is 7.03. The predicted molar refractivity (Wildman–Crippen MR) is 118 cm³/mol. The first-order valence-electron chi connectivity index (χ1n) is 10.0. The number of rotatable bonds is 9. The number of aldehydes is 1. The first kappa shape index (κ1) is 21.8. The van der Waals surface area contributed by atoms with Gasteiger partial charge in [0, 0.05) is 6.42 Å². The number of para-hydroxylation sites is 1. The molecule has 3 rings (SSSR count). The van der Waals surface area contributed by atoms with E-state index < -0.39 is 24.1 Å². The number of carbonyl (C=O) groups is 3. The number of benzene rings is 3. The fourth-order valence-electron chi connectivity index (χ4n) is 3.11. The van der Waals surface area contributed by atoms with Crippen LogP contribution in [0.1, 0.15) is 11.1 Å². The molecule has 0 fully saturated rings. The molecule has 3 aromatic carbocycles. The van der Waals surface area contributed by atoms with Gasteiger partial charge in [0.2, 0.25) is 5.91 Å². The van der Waals surface area contributed by atoms with E-state index in [-0.39, 0.29) is 6.42 Å². The van der Waals surface area contributed by atoms with Gasteiger partial charge in [-0.15, -0.1) is 0 Å². The van der Waals surface area contributed by atoms with Crippen molar-refractivity contribution in [1.82, 2.24) is 10.6 Å². The van der Waals surface area contributed by atoms with Gasteiger partial charge in [0.25, 0.3) is 0 Å². The van der Waals surface area contributed by atoms with Crippen molar-refractivity contribution in [1.29, 1.82) is 0 Å². The van der Waals surface area contributed by atoms with Crippen molar-refractivity contribution in [3.05, 3.63) is 102 Å². The zero-order valence-electron chi connectivity index (χ0n) is 16.9. The van der Waals surface area contributed by atoms with Crippen LogP contribution in [0.5, 0.6) is 5.75 Å². The molecule has 0 saturated carbocycles. The highest BCUT2D eigenvalue weighted by molar-refractivity contribution is 5.88. The molecule has 2 N–H and O–H groups in total. The van der Waals surface area contributed by atoms with Gasteiger partial charge in [-0.05, 0) is 29.7 Å². The molecule has 0 aliphatic carbocycles. The van der Waals surface area contributed by atoms with E-state index in [1.807, 2.05) is 66.7 Å². The normalized spacial score (nSPS) is 12.3. The van der Waals surface area contributed by atoms with Crippen LogP contribution < -0.4 is 15.4 Å². The predicted octanol–water partition coefficient (Wildman–Crippen LogP) is 3.31. The molecule has 31 heavy (non-hydrogen) atoms. The van der Waals surface area contributed by atoms with Crippen LogP contribution >= 0.6 is 0 Å². The highest BCUT2D eigenvalue weighted by Gasteiger charge is 2.24. The lowest BCUT2D eigenvalue weighted by Crippen LogP contribution is -2.52. The average Bonchev–Trinajstić information content (AvgIpc) is 2.80. The van der Waals surface area contributed by atoms with Crippen molar-refractivity contribution in [2.75, 3.05) is 0 Å². The van der Waals surface area contributed by atoms with Gasteiger partial charge in [-0.2, -0.15) is 0 Å². The molecular weight excluding hydrogens is 392 g/mol. The van der Waals surface area contributed by atoms with Crippen molar-refractivity contribution in [3.8, 4) is 5.75 Å². The van der Waals surface area contributed by atoms with Crippen molar-refractivity contribution < 1.29 is 19.1 Å². The SMILES string of the molecule is O=C[C@H](Cc1ccccc1)NC(=O)[C@H](Cc1ccccc1)NC(=O)Oc1ccccc1. The fraction of sp³-hybridized carbons (Fsp3) is 0.160. The Hall–Kier alpha value is -3.93. The minimum Gasteiger partial charge on any atom is -0.410 e. The molecule has 0 radical (unpaired) electrons. The first-order valence-corrected chi connectivity index (χ1v) is 10.0. The summed E-state index contributed by atoms with van der Waals surface area (Å²) < 4.78 is 5.26. The van der Waals surface area contributed by atoms with Gasteiger partial charge in [0.05, 0.1) is 6.04 Å². The number of hydrogen-bond acceptors (Lipinski definition) is 4. The van der Waals surface area contributed by atoms with Crippen molar-refractivity contribution in [2.45, 2.75) is 24.9 Å². The zero-order chi connectivity index (χ0) is 21.9. The Balaban J connectivity index is 1.68. The number of hydrogen-bond donors (Lipinski definition) is 2. The Kier molecular flexibility index (Phi) is 7.94. The monoisotopic (exact) mass is 416 g/mol. The summed E-state index contributed by atoms with van der Waals surface area (Å²) in [6.07, 6.45) is 0.580. The summed E-state index contributed by atoms with van der Waals surface area (Å²) in [5.41, 5.74) is 1.80. The quantitative estimate of drug-likeness (QED) is 0.524. The molecule has 0 unspecified atom stereocenters. The molecule has 0 saturated heterocycles. The summed E-state index contributed by atoms with van der Waals surface area (Å²) in [4.78, 5) is 36.9. The van der Waals surface area contributed by atoms with E-state index in [0.717, 1.165) is 11.1 Å². The Labute approximate surface area is 181 Å². The molecular formula is C25H24N2O4. The highest BCUT2D eigenvalue weighted by atomic mass is 16.6. The Morgan fingerprint density at radius 2 is 1.26 bits per heavy atom. The maximum Gasteiger partial charge on any atom is 0.413 e. The topological polar surface area (TPSA) is 84.5 Å². The molecule has 2 amide bonds. The third-order valence-electron chi connectivity index (χ3n) is 4.64. The molecule has 0 aliphatic rings. The van der Waals surface area contributed by atoms with E-state index in [1.54, 1.807) is 24.3 Å². The van der Waals surface area contributed by atoms with E-state index in [1.165, 1.54) is 0 Å². The third-order valence-corrected chi connectivity index (χ3v) is 4.64. The second-order valence-electron chi connectivity index (χ2n) is 7.03. The summed E-state index contributed by atoms with van der Waals surface area (Å²) in [5, 5.41) is 5.35. The molecule has 6 nitrogen and oxygen atoms in total. The standard InChI is InChI=1S/C25H24N2O4/c28-18-21(16-19-10-4-1-5-11-19)26-24(29)23(17-20-12-6-2-7-13-20)27-25(30)31-22-14-8-3-9-15-22/h1-15,18,21,23H,16-17H2,(H,26,29)(H,27,30)/t21-,23-/m0/s1. The van der Waals surface area contributed by atoms with E-state index in [2.05, 4.69) is 10.6 Å². The molecule has 0 heterocycles. The van der Waals surface area contributed by atoms with Gasteiger partial charge in [-0.3, -0.25) is 4.79 Å². The fourth-order valence-corrected chi connectivity index (χ4v) is 3.11. The third kappa shape index (κ3) is 7.12. The maximum absolute atomic E-state index is 13.0. The molecule has 0 aromatic heterocycles. The summed E-state index contributed by atoms with van der Waals surface area (Å²) >= 11 is 0. The summed E-state index contributed by atoms with van der Waals surface area (Å²) in [5.74, 6) is -0.0874. The number of ether oxygens (including phenoxy) is 1. The zero-order valence-corrected chi connectivity index (χ0v) is 16.9. The van der Waals surface area contributed by atoms with E-state index >= 15 is 0 Å². The number of carbonyl (C=O) groups excluding carboxylic acids is 3. The summed E-state index contributed by atoms with van der Waals surface area (Å²) in [6, 6.07) is 25.7. The Morgan fingerprint density at radius 1 is 0.742 bits per heavy atom. The minimum atomic E-state index is -0.906. The smallest absolute Gasteiger partial charge is 0.410 e. The van der Waals surface area contributed by atoms with Gasteiger partial charge in [-0.1, -0.05) is 78.9 Å². The van der Waals surface area contributed by atoms with Crippen LogP contribution in [0.15, 0.2) is 91.0 Å². The summed E-state index contributed by atoms with van der Waals surface area (Å²) in [6.45, 7) is 0. The van der Waals surface area contributed by atoms with Gasteiger partial charge < -0.3 is 20.2 Å². The van der Waals surface area contributed by atoms with Gasteiger partial charge in [-0.25, -0.2) is 4.79 Å². The minimum absolute atomic E-state index is 0.257. The van der Waals surface area contributed by atoms with E-state index in [4.69, 9.17) is 4.74 Å². The van der Waals surface area contributed by atoms with E-state index in [0.29, 0.717) is 18.5 Å². The lowest BCUT2D eigenvalue weighted by Gasteiger charge is -2.21. The second kappa shape index (κ2) is 11.3. The molecule has 0 spiro atoms. The molecule has 2 atom stereocenters. The van der Waals surface area contributed by atoms with Gasteiger partial charge in [0.1, 0.15) is 18.1 Å². The molecule has 6 heteroatoms. The molecule has 158 valence electrons. The lowest BCUT2D eigenvalue weighted by atomic mass is 10.0. The number of nitrogens with one attached hydrogen (secondary N) is 2. The van der Waals surface area contributed by atoms with Crippen LogP contribution in [0.4, 0.5) is 4.79 Å². The van der Waals surface area contributed by atoms with Crippen molar-refractivity contribution >= 4 is 18.3 Å². The van der Waals surface area contributed by atoms with Crippen molar-refractivity contribution in [2.24, 2.45) is 0 Å². The van der Waals surface area contributed by atoms with Crippen LogP contribution in [0, 0.1) is 0 Å². The lowest BCUT2D eigenvalue weighted by molar-refractivity contribution is -0.125. The van der Waals surface area contributed by atoms with Crippen LogP contribution in [-0.4, -0.2) is 30.4 Å². The Bertz CT molecular complexity index is 978. The molecule has 0 aliphatic heterocycles. The van der Waals surface area contributed by atoms with Crippen LogP contribution in [0.3, 0.4) is 0 Å². The van der Waals surface area contributed by atoms with Crippen LogP contribution in [0.25, 0.3) is 0 Å². The van der Waals surface area contributed by atoms with Gasteiger partial charge in [0.15, 0.2) is 0 Å². The first-order chi connectivity index (χ1) is 15.1. The highest BCUT2D eigenvalue weighted by Crippen LogP contribution is 2.10. The number of amides is 2. The van der Waals surface area contributed by atoms with Crippen molar-refractivity contribution in [3.63, 3.8) is 0 Å². The maximum atomic E-state index is 13.0. The molecule has 3 aromatic rings. The van der Waals surface area contributed by atoms with E-state index in [9.17, 15) is 14.4 Å². The Morgan fingerprint density at radius 3 is 1.81 bits per heavy atom. The largest absolute Gasteiger partial charge is 0.413 e. The average molecular weight is 416 g/mol. The van der Waals surface area contributed by atoms with Crippen LogP contribution in [-0.2, 0) is 22.4 Å². The van der Waals surface area contributed by atoms with Gasteiger partial charge >= 0.3 is 6.09 Å².